The molecule has 7 aliphatic heterocycles. The van der Waals surface area contributed by atoms with E-state index in [2.05, 4.69) is 29.8 Å². The van der Waals surface area contributed by atoms with E-state index in [1.807, 2.05) is 6.08 Å². The molecule has 129 heavy (non-hydrogen) atoms. The Kier molecular flexibility index (Phi) is 52.9. The minimum absolute atomic E-state index is 0.158. The summed E-state index contributed by atoms with van der Waals surface area (Å²) < 4.78 is 84.8. The van der Waals surface area contributed by atoms with Gasteiger partial charge in [0.05, 0.1) is 64.0 Å². The molecule has 0 aliphatic carbocycles. The molecule has 0 bridgehead atoms. The van der Waals surface area contributed by atoms with Gasteiger partial charge in [0.2, 0.25) is 17.7 Å². The Hall–Kier alpha value is -3.17. The number of hydrogen-bond donors (Lipinski definition) is 22. The number of rotatable bonds is 61. The fraction of sp³-hybridized carbons (Fsp3) is 0.944. The van der Waals surface area contributed by atoms with Crippen molar-refractivity contribution in [1.29, 1.82) is 0 Å². The molecule has 7 aliphatic rings. The number of amides is 3. The second kappa shape index (κ2) is 60.5. The lowest BCUT2D eigenvalue weighted by Gasteiger charge is -2.52. The number of allylic oxidation sites excluding steroid dienone is 1. The van der Waals surface area contributed by atoms with Crippen LogP contribution in [0.3, 0.4) is 0 Å². The summed E-state index contributed by atoms with van der Waals surface area (Å²) in [5.74, 6) is -2.13. The summed E-state index contributed by atoms with van der Waals surface area (Å²) in [5, 5.41) is 223. The predicted octanol–water partition coefficient (Wildman–Crippen LogP) is 0.576. The van der Waals surface area contributed by atoms with E-state index in [0.29, 0.717) is 12.8 Å². The van der Waals surface area contributed by atoms with E-state index in [1.54, 1.807) is 6.08 Å². The molecule has 7 fully saturated rings. The molecule has 39 nitrogen and oxygen atoms in total. The Morgan fingerprint density at radius 2 is 0.628 bits per heavy atom. The first-order valence-electron chi connectivity index (χ1n) is 48.2. The van der Waals surface area contributed by atoms with Gasteiger partial charge in [0.25, 0.3) is 0 Å². The van der Waals surface area contributed by atoms with Crippen LogP contribution in [-0.2, 0) is 80.7 Å². The highest BCUT2D eigenvalue weighted by atomic mass is 16.8. The number of unbranched alkanes of at least 4 members (excludes halogenated alkanes) is 33. The normalized spacial score (nSPS) is 37.5. The first kappa shape index (κ1) is 113. The molecule has 0 aromatic heterocycles. The van der Waals surface area contributed by atoms with Gasteiger partial charge in [-0.3, -0.25) is 14.4 Å². The molecule has 7 saturated heterocycles. The van der Waals surface area contributed by atoms with Crippen molar-refractivity contribution < 1.29 is 178 Å². The fourth-order valence-electron chi connectivity index (χ4n) is 17.9. The highest BCUT2D eigenvalue weighted by molar-refractivity contribution is 5.76. The third kappa shape index (κ3) is 35.0. The molecule has 3 amide bonds. The summed E-state index contributed by atoms with van der Waals surface area (Å²) >= 11 is 0. The number of ether oxygens (including phenoxy) is 14. The molecule has 754 valence electrons. The molecule has 0 spiro atoms. The molecule has 0 saturated carbocycles. The van der Waals surface area contributed by atoms with Crippen molar-refractivity contribution in [3.05, 3.63) is 12.2 Å². The van der Waals surface area contributed by atoms with Gasteiger partial charge >= 0.3 is 0 Å². The molecule has 0 radical (unpaired) electrons. The Balaban J connectivity index is 1.01. The summed E-state index contributed by atoms with van der Waals surface area (Å²) in [7, 11) is 0. The van der Waals surface area contributed by atoms with Crippen LogP contribution in [0.5, 0.6) is 0 Å². The molecule has 39 heteroatoms. The Morgan fingerprint density at radius 1 is 0.318 bits per heavy atom. The fourth-order valence-corrected chi connectivity index (χ4v) is 17.9. The Morgan fingerprint density at radius 3 is 1.02 bits per heavy atom. The van der Waals surface area contributed by atoms with Gasteiger partial charge < -0.3 is 179 Å². The Bertz CT molecular complexity index is 3040. The zero-order valence-electron chi connectivity index (χ0n) is 76.7. The van der Waals surface area contributed by atoms with E-state index >= 15 is 0 Å². The molecular formula is C90H163N3O36. The van der Waals surface area contributed by atoms with Crippen molar-refractivity contribution in [2.75, 3.05) is 39.6 Å². The van der Waals surface area contributed by atoms with Crippen LogP contribution < -0.4 is 16.0 Å². The number of aliphatic hydroxyl groups is 19. The van der Waals surface area contributed by atoms with Crippen LogP contribution >= 0.6 is 0 Å². The molecule has 7 heterocycles. The van der Waals surface area contributed by atoms with Crippen molar-refractivity contribution in [3.63, 3.8) is 0 Å². The summed E-state index contributed by atoms with van der Waals surface area (Å²) in [4.78, 5) is 40.1. The number of hydrogen-bond acceptors (Lipinski definition) is 36. The lowest BCUT2D eigenvalue weighted by atomic mass is 9.93. The standard InChI is InChI=1S/C90H163N3O36/c1-7-9-11-13-15-17-19-21-22-23-24-25-26-27-28-29-30-32-34-36-38-40-42-44-62(102)93-55(56(101)43-41-39-37-35-33-31-20-18-16-14-12-10-8-2)50-116-86-75(113)72(110)79(60(48-97)123-86)125-89-76(114)83(68(106)57(45-94)119-89)129-85-64(92-54(6)100)81(127-88-74(112)71(109)66(104)52(4)118-88)80(61(49-98)122-85)126-90-77(115)82(67(105)58(46-95)120-90)128-84-63(91-53(5)99)69(107)78(59(47-96)121-84)124-87-73(111)70(108)65(103)51(3)117-87/h41,43,51-52,55-61,63-90,94-98,101,103-115H,7-40,42,44-50H2,1-6H3,(H,91,99)(H,92,100)(H,93,102)/b43-41+/t51?,52?,55-,56+,57?,58?,59?,60?,61?,63?,64?,65+,66+,67-,68-,69+,70?,71?,72+,73-,74-,75?,76?,77?,78+,79+,80+,81+,82-,83-,84-,85-,86+,87+,88+,89-,90-/m0/s1. The quantitative estimate of drug-likeness (QED) is 0.0292. The van der Waals surface area contributed by atoms with Gasteiger partial charge in [0, 0.05) is 20.3 Å². The third-order valence-corrected chi connectivity index (χ3v) is 25.8. The average molecular weight is 1860 g/mol. The van der Waals surface area contributed by atoms with Crippen molar-refractivity contribution in [3.8, 4) is 0 Å². The van der Waals surface area contributed by atoms with E-state index in [9.17, 15) is 111 Å². The van der Waals surface area contributed by atoms with Gasteiger partial charge in [-0.05, 0) is 33.1 Å². The van der Waals surface area contributed by atoms with Gasteiger partial charge in [0.15, 0.2) is 44.0 Å². The van der Waals surface area contributed by atoms with Gasteiger partial charge in [-0.2, -0.15) is 0 Å². The SMILES string of the molecule is CCCCCCCCCCCCC/C=C/[C@@H](O)[C@H](CO[C@@H]1OC(CO)[C@@H](O[C@@H]2OC(CO)[C@H](O)[C@H](O[C@@H]3OC(CO)[C@@H](O[C@@H]4OC(CO)[C@H](O)[C@H](O[C@@H]5OC(CO)[C@@H](O[C@H]6OC(C)[C@@H](O)C(O)[C@@H]6O)[C@H](O)C5NC(C)=O)C4O)[C@H](O[C@H]4OC(C)[C@@H](O)C(O)[C@@H]4O)C3NC(C)=O)C2O)[C@H](O)C1O)NC(=O)CCCCCCCCCCCCCCCCCCCCCCCCC. The van der Waals surface area contributed by atoms with Gasteiger partial charge in [-0.15, -0.1) is 0 Å². The van der Waals surface area contributed by atoms with Crippen molar-refractivity contribution in [1.82, 2.24) is 16.0 Å². The van der Waals surface area contributed by atoms with Crippen LogP contribution in [0.15, 0.2) is 12.2 Å². The summed E-state index contributed by atoms with van der Waals surface area (Å²) in [5.41, 5.74) is 0. The van der Waals surface area contributed by atoms with Crippen LogP contribution in [0, 0.1) is 0 Å². The van der Waals surface area contributed by atoms with Crippen LogP contribution in [0.1, 0.15) is 273 Å². The summed E-state index contributed by atoms with van der Waals surface area (Å²) in [6, 6.07) is -4.82. The van der Waals surface area contributed by atoms with Crippen LogP contribution in [0.4, 0.5) is 0 Å². The molecule has 22 N–H and O–H groups in total. The maximum absolute atomic E-state index is 13.7. The second-order valence-corrected chi connectivity index (χ2v) is 36.3. The maximum atomic E-state index is 13.7. The third-order valence-electron chi connectivity index (χ3n) is 25.8. The highest BCUT2D eigenvalue weighted by Gasteiger charge is 2.60. The van der Waals surface area contributed by atoms with Crippen molar-refractivity contribution >= 4 is 17.7 Å². The zero-order valence-corrected chi connectivity index (χ0v) is 76.7. The van der Waals surface area contributed by atoms with Gasteiger partial charge in [-0.25, -0.2) is 0 Å². The largest absolute Gasteiger partial charge is 0.394 e. The number of nitrogens with one attached hydrogen (secondary N) is 3. The maximum Gasteiger partial charge on any atom is 0.220 e. The molecule has 7 rings (SSSR count). The molecule has 37 atom stereocenters. The highest BCUT2D eigenvalue weighted by Crippen LogP contribution is 2.40. The minimum Gasteiger partial charge on any atom is -0.394 e. The van der Waals surface area contributed by atoms with E-state index in [-0.39, 0.29) is 12.3 Å². The molecular weight excluding hydrogens is 1700 g/mol. The van der Waals surface area contributed by atoms with Gasteiger partial charge in [-0.1, -0.05) is 231 Å². The lowest BCUT2D eigenvalue weighted by Crippen LogP contribution is -2.71. The number of carbonyl (C=O) groups excluding carboxylic acids is 3. The van der Waals surface area contributed by atoms with Crippen LogP contribution in [0.25, 0.3) is 0 Å². The first-order chi connectivity index (χ1) is 62.0. The summed E-state index contributed by atoms with van der Waals surface area (Å²) in [6.07, 6.45) is -19.4. The van der Waals surface area contributed by atoms with E-state index < -0.39 is 278 Å². The van der Waals surface area contributed by atoms with E-state index in [0.717, 1.165) is 65.2 Å². The number of aliphatic hydroxyl groups excluding tert-OH is 19. The molecule has 14 unspecified atom stereocenters. The first-order valence-corrected chi connectivity index (χ1v) is 48.2. The average Bonchev–Trinajstić information content (AvgIpc) is 0.744. The molecule has 0 aromatic rings. The zero-order chi connectivity index (χ0) is 94.2. The van der Waals surface area contributed by atoms with E-state index in [4.69, 9.17) is 66.3 Å². The van der Waals surface area contributed by atoms with E-state index in [1.165, 1.54) is 174 Å². The van der Waals surface area contributed by atoms with Crippen LogP contribution in [-0.4, -0.2) is 381 Å². The monoisotopic (exact) mass is 1860 g/mol. The predicted molar refractivity (Wildman–Crippen MR) is 461 cm³/mol. The molecule has 0 aromatic carbocycles. The number of carbonyl (C=O) groups is 3. The minimum atomic E-state index is -2.33. The van der Waals surface area contributed by atoms with Crippen molar-refractivity contribution in [2.45, 2.75) is 500 Å². The second-order valence-electron chi connectivity index (χ2n) is 36.3. The topological polar surface area (TPSA) is 601 Å². The van der Waals surface area contributed by atoms with Crippen molar-refractivity contribution in [2.24, 2.45) is 0 Å². The van der Waals surface area contributed by atoms with Crippen LogP contribution in [0.2, 0.25) is 0 Å². The summed E-state index contributed by atoms with van der Waals surface area (Å²) in [6.45, 7) is 3.33. The lowest BCUT2D eigenvalue weighted by molar-refractivity contribution is -0.397. The van der Waals surface area contributed by atoms with Gasteiger partial charge in [0.1, 0.15) is 159 Å². The Labute approximate surface area is 759 Å². The smallest absolute Gasteiger partial charge is 0.220 e.